The molecule has 0 aromatic heterocycles. The minimum atomic E-state index is -4.34. The summed E-state index contributed by atoms with van der Waals surface area (Å²) in [6, 6.07) is 10.2. The van der Waals surface area contributed by atoms with Gasteiger partial charge < -0.3 is 10.1 Å². The Morgan fingerprint density at radius 2 is 1.90 bits per heavy atom. The summed E-state index contributed by atoms with van der Waals surface area (Å²) in [7, 11) is 1.51. The summed E-state index contributed by atoms with van der Waals surface area (Å²) in [5.74, 6) is 0.575. The second kappa shape index (κ2) is 6.26. The summed E-state index contributed by atoms with van der Waals surface area (Å²) in [4.78, 5) is 0. The van der Waals surface area contributed by atoms with Gasteiger partial charge in [0, 0.05) is 11.6 Å². The van der Waals surface area contributed by atoms with Crippen LogP contribution in [0.5, 0.6) is 5.75 Å². The predicted molar refractivity (Wildman–Crippen MR) is 76.8 cm³/mol. The van der Waals surface area contributed by atoms with Gasteiger partial charge in [0.15, 0.2) is 0 Å². The van der Waals surface area contributed by atoms with E-state index in [1.165, 1.54) is 13.2 Å². The molecule has 2 aromatic rings. The summed E-state index contributed by atoms with van der Waals surface area (Å²) in [6.07, 6.45) is -4.34. The molecule has 0 aliphatic heterocycles. The largest absolute Gasteiger partial charge is 0.495 e. The summed E-state index contributed by atoms with van der Waals surface area (Å²) < 4.78 is 43.1. The lowest BCUT2D eigenvalue weighted by molar-refractivity contribution is -0.137. The van der Waals surface area contributed by atoms with Gasteiger partial charge in [0.05, 0.1) is 18.4 Å². The maximum absolute atomic E-state index is 12.6. The fourth-order valence-electron chi connectivity index (χ4n) is 1.87. The number of nitrogens with one attached hydrogen (secondary N) is 1. The Morgan fingerprint density at radius 1 is 1.14 bits per heavy atom. The molecule has 21 heavy (non-hydrogen) atoms. The molecule has 0 unspecified atom stereocenters. The third-order valence-corrected chi connectivity index (χ3v) is 3.13. The van der Waals surface area contributed by atoms with Gasteiger partial charge in [-0.2, -0.15) is 13.2 Å². The lowest BCUT2D eigenvalue weighted by Crippen LogP contribution is -2.07. The lowest BCUT2D eigenvalue weighted by atomic mass is 10.1. The van der Waals surface area contributed by atoms with Gasteiger partial charge in [-0.25, -0.2) is 0 Å². The molecule has 0 fully saturated rings. The van der Waals surface area contributed by atoms with Crippen LogP contribution in [-0.2, 0) is 12.7 Å². The SMILES string of the molecule is COc1ccc(Cl)cc1NCc1cccc(C(F)(F)F)c1. The van der Waals surface area contributed by atoms with E-state index in [9.17, 15) is 13.2 Å². The Balaban J connectivity index is 2.15. The molecule has 0 bridgehead atoms. The highest BCUT2D eigenvalue weighted by Crippen LogP contribution is 2.31. The molecule has 0 atom stereocenters. The van der Waals surface area contributed by atoms with Gasteiger partial charge in [-0.05, 0) is 35.9 Å². The average Bonchev–Trinajstić information content (AvgIpc) is 2.45. The van der Waals surface area contributed by atoms with Crippen molar-refractivity contribution in [2.45, 2.75) is 12.7 Å². The number of anilines is 1. The van der Waals surface area contributed by atoms with Crippen molar-refractivity contribution in [2.24, 2.45) is 0 Å². The van der Waals surface area contributed by atoms with Crippen molar-refractivity contribution in [1.29, 1.82) is 0 Å². The van der Waals surface area contributed by atoms with Gasteiger partial charge in [-0.3, -0.25) is 0 Å². The van der Waals surface area contributed by atoms with E-state index in [4.69, 9.17) is 16.3 Å². The summed E-state index contributed by atoms with van der Waals surface area (Å²) in [6.45, 7) is 0.237. The smallest absolute Gasteiger partial charge is 0.416 e. The van der Waals surface area contributed by atoms with E-state index in [0.29, 0.717) is 22.0 Å². The van der Waals surface area contributed by atoms with Crippen LogP contribution in [0.4, 0.5) is 18.9 Å². The fraction of sp³-hybridized carbons (Fsp3) is 0.200. The van der Waals surface area contributed by atoms with Gasteiger partial charge in [-0.15, -0.1) is 0 Å². The molecule has 6 heteroatoms. The monoisotopic (exact) mass is 315 g/mol. The minimum Gasteiger partial charge on any atom is -0.495 e. The van der Waals surface area contributed by atoms with Crippen LogP contribution in [-0.4, -0.2) is 7.11 Å². The van der Waals surface area contributed by atoms with Gasteiger partial charge in [0.2, 0.25) is 0 Å². The first kappa shape index (κ1) is 15.5. The zero-order chi connectivity index (χ0) is 15.5. The molecule has 0 aliphatic carbocycles. The van der Waals surface area contributed by atoms with Crippen molar-refractivity contribution in [3.63, 3.8) is 0 Å². The topological polar surface area (TPSA) is 21.3 Å². The highest BCUT2D eigenvalue weighted by Gasteiger charge is 2.30. The van der Waals surface area contributed by atoms with E-state index in [2.05, 4.69) is 5.32 Å². The second-order valence-electron chi connectivity index (χ2n) is 4.40. The van der Waals surface area contributed by atoms with Crippen molar-refractivity contribution >= 4 is 17.3 Å². The first-order chi connectivity index (χ1) is 9.90. The van der Waals surface area contributed by atoms with Crippen molar-refractivity contribution in [3.05, 3.63) is 58.6 Å². The van der Waals surface area contributed by atoms with Gasteiger partial charge >= 0.3 is 6.18 Å². The third-order valence-electron chi connectivity index (χ3n) is 2.90. The molecule has 0 amide bonds. The molecule has 0 radical (unpaired) electrons. The van der Waals surface area contributed by atoms with E-state index in [1.54, 1.807) is 24.3 Å². The molecule has 2 rings (SSSR count). The first-order valence-electron chi connectivity index (χ1n) is 6.13. The molecule has 1 N–H and O–H groups in total. The number of alkyl halides is 3. The molecule has 0 heterocycles. The molecule has 2 aromatic carbocycles. The summed E-state index contributed by atoms with van der Waals surface area (Å²) in [5.41, 5.74) is 0.481. The van der Waals surface area contributed by atoms with Crippen LogP contribution >= 0.6 is 11.6 Å². The van der Waals surface area contributed by atoms with Crippen LogP contribution in [0.3, 0.4) is 0 Å². The standard InChI is InChI=1S/C15H13ClF3NO/c1-21-14-6-5-12(16)8-13(14)20-9-10-3-2-4-11(7-10)15(17,18)19/h2-8,20H,9H2,1H3. The average molecular weight is 316 g/mol. The Kier molecular flexibility index (Phi) is 4.63. The highest BCUT2D eigenvalue weighted by atomic mass is 35.5. The Labute approximate surface area is 125 Å². The maximum atomic E-state index is 12.6. The van der Waals surface area contributed by atoms with Gasteiger partial charge in [-0.1, -0.05) is 23.7 Å². The van der Waals surface area contributed by atoms with Crippen molar-refractivity contribution < 1.29 is 17.9 Å². The van der Waals surface area contributed by atoms with Crippen LogP contribution in [0.1, 0.15) is 11.1 Å². The Bertz CT molecular complexity index is 629. The van der Waals surface area contributed by atoms with Crippen LogP contribution in [0, 0.1) is 0 Å². The Hall–Kier alpha value is -1.88. The second-order valence-corrected chi connectivity index (χ2v) is 4.83. The van der Waals surface area contributed by atoms with E-state index in [-0.39, 0.29) is 6.54 Å². The molecule has 0 spiro atoms. The molecular weight excluding hydrogens is 303 g/mol. The van der Waals surface area contributed by atoms with E-state index < -0.39 is 11.7 Å². The first-order valence-corrected chi connectivity index (χ1v) is 6.51. The van der Waals surface area contributed by atoms with Crippen molar-refractivity contribution in [3.8, 4) is 5.75 Å². The number of ether oxygens (including phenoxy) is 1. The quantitative estimate of drug-likeness (QED) is 0.859. The minimum absolute atomic E-state index is 0.237. The fourth-order valence-corrected chi connectivity index (χ4v) is 2.05. The molecule has 0 saturated heterocycles. The number of benzene rings is 2. The van der Waals surface area contributed by atoms with E-state index in [0.717, 1.165) is 12.1 Å². The van der Waals surface area contributed by atoms with Crippen LogP contribution in [0.15, 0.2) is 42.5 Å². The third kappa shape index (κ3) is 4.04. The normalized spacial score (nSPS) is 11.3. The molecular formula is C15H13ClF3NO. The highest BCUT2D eigenvalue weighted by molar-refractivity contribution is 6.30. The number of hydrogen-bond donors (Lipinski definition) is 1. The molecule has 112 valence electrons. The van der Waals surface area contributed by atoms with Crippen LogP contribution in [0.2, 0.25) is 5.02 Å². The Morgan fingerprint density at radius 3 is 2.57 bits per heavy atom. The zero-order valence-corrected chi connectivity index (χ0v) is 11.9. The van der Waals surface area contributed by atoms with Crippen LogP contribution in [0.25, 0.3) is 0 Å². The number of rotatable bonds is 4. The number of methoxy groups -OCH3 is 1. The molecule has 2 nitrogen and oxygen atoms in total. The van der Waals surface area contributed by atoms with Crippen LogP contribution < -0.4 is 10.1 Å². The van der Waals surface area contributed by atoms with Crippen molar-refractivity contribution in [1.82, 2.24) is 0 Å². The summed E-state index contributed by atoms with van der Waals surface area (Å²) in [5, 5.41) is 3.54. The maximum Gasteiger partial charge on any atom is 0.416 e. The van der Waals surface area contributed by atoms with Crippen molar-refractivity contribution in [2.75, 3.05) is 12.4 Å². The lowest BCUT2D eigenvalue weighted by Gasteiger charge is -2.13. The number of halogens is 4. The summed E-state index contributed by atoms with van der Waals surface area (Å²) >= 11 is 5.90. The molecule has 0 aliphatic rings. The van der Waals surface area contributed by atoms with E-state index in [1.807, 2.05) is 0 Å². The predicted octanol–water partition coefficient (Wildman–Crippen LogP) is 4.98. The van der Waals surface area contributed by atoms with Gasteiger partial charge in [0.1, 0.15) is 5.75 Å². The van der Waals surface area contributed by atoms with E-state index >= 15 is 0 Å². The van der Waals surface area contributed by atoms with Gasteiger partial charge in [0.25, 0.3) is 0 Å². The zero-order valence-electron chi connectivity index (χ0n) is 11.2. The number of hydrogen-bond acceptors (Lipinski definition) is 2. The molecule has 0 saturated carbocycles.